The van der Waals surface area contributed by atoms with Gasteiger partial charge in [0.2, 0.25) is 0 Å². The third kappa shape index (κ3) is 10.2. The van der Waals surface area contributed by atoms with Crippen LogP contribution in [0.2, 0.25) is 0 Å². The molecule has 2 aromatic rings. The molecule has 0 aliphatic rings. The summed E-state index contributed by atoms with van der Waals surface area (Å²) in [6.45, 7) is 3.42. The normalized spacial score (nSPS) is 10.9. The molecule has 34 heavy (non-hydrogen) atoms. The molecule has 0 spiro atoms. The molecular weight excluding hydrogens is 457 g/mol. The zero-order chi connectivity index (χ0) is 25.7. The molecule has 2 aromatic carbocycles. The molecule has 0 radical (unpaired) electrons. The Morgan fingerprint density at radius 2 is 1.15 bits per heavy atom. The number of carboxylic acids is 1. The van der Waals surface area contributed by atoms with Gasteiger partial charge < -0.3 is 34.6 Å². The third-order valence-corrected chi connectivity index (χ3v) is 4.59. The van der Waals surface area contributed by atoms with Crippen LogP contribution < -0.4 is 29.8 Å². The minimum atomic E-state index is -5.19. The lowest BCUT2D eigenvalue weighted by atomic mass is 10.1. The molecule has 190 valence electrons. The second-order valence-corrected chi connectivity index (χ2v) is 7.14. The fraction of sp³-hybridized carbons (Fsp3) is 0.435. The fourth-order valence-electron chi connectivity index (χ4n) is 2.98. The largest absolute Gasteiger partial charge is 0.542 e. The van der Waals surface area contributed by atoms with E-state index in [9.17, 15) is 13.2 Å². The minimum Gasteiger partial charge on any atom is -0.542 e. The van der Waals surface area contributed by atoms with E-state index in [-0.39, 0.29) is 0 Å². The number of benzene rings is 2. The number of quaternary nitrogens is 1. The first kappa shape index (κ1) is 28.9. The van der Waals surface area contributed by atoms with Crippen LogP contribution in [-0.4, -0.2) is 58.6 Å². The molecule has 0 heterocycles. The summed E-state index contributed by atoms with van der Waals surface area (Å²) in [6.07, 6.45) is -4.16. The molecule has 0 unspecified atom stereocenters. The molecule has 0 bridgehead atoms. The number of carboxylic acid groups (broad SMARTS) is 1. The lowest BCUT2D eigenvalue weighted by Crippen LogP contribution is -2.51. The lowest BCUT2D eigenvalue weighted by molar-refractivity contribution is -0.368. The van der Waals surface area contributed by atoms with Crippen molar-refractivity contribution in [3.63, 3.8) is 0 Å². The van der Waals surface area contributed by atoms with Gasteiger partial charge in [-0.1, -0.05) is 0 Å². The Labute approximate surface area is 197 Å². The molecule has 2 rings (SSSR count). The van der Waals surface area contributed by atoms with E-state index in [0.717, 1.165) is 66.7 Å². The van der Waals surface area contributed by atoms with Crippen molar-refractivity contribution in [1.29, 1.82) is 0 Å². The molecular formula is C23H31F3N2O6. The maximum atomic E-state index is 10.5. The Hall–Kier alpha value is -3.18. The number of aliphatic carboxylic acids is 1. The number of alkyl halides is 3. The summed E-state index contributed by atoms with van der Waals surface area (Å²) in [6, 6.07) is 12.0. The van der Waals surface area contributed by atoms with Crippen LogP contribution in [0.4, 0.5) is 13.2 Å². The summed E-state index contributed by atoms with van der Waals surface area (Å²) in [5, 5.41) is 8.78. The standard InChI is InChI=1S/C21H30N2O4.C2HF3O2/c1-24-18-8-16(9-19(12-18)25-2)14-23(7-5-6-22)15-17-10-20(26-3)13-21(11-17)27-4;3-2(4,5)1(6)7/h8-13H,5-7,14-15,22H2,1-4H3;(H,6,7). The van der Waals surface area contributed by atoms with Gasteiger partial charge in [-0.3, -0.25) is 4.90 Å². The van der Waals surface area contributed by atoms with Crippen molar-refractivity contribution >= 4 is 5.97 Å². The molecule has 0 aliphatic carbocycles. The molecule has 0 saturated carbocycles. The van der Waals surface area contributed by atoms with Gasteiger partial charge >= 0.3 is 6.18 Å². The zero-order valence-corrected chi connectivity index (χ0v) is 19.7. The number of carbonyl (C=O) groups is 1. The quantitative estimate of drug-likeness (QED) is 0.513. The van der Waals surface area contributed by atoms with Crippen LogP contribution in [0.5, 0.6) is 23.0 Å². The van der Waals surface area contributed by atoms with Crippen molar-refractivity contribution in [3.8, 4) is 23.0 Å². The van der Waals surface area contributed by atoms with Crippen molar-refractivity contribution in [2.24, 2.45) is 0 Å². The summed E-state index contributed by atoms with van der Waals surface area (Å²) in [5.41, 5.74) is 6.26. The summed E-state index contributed by atoms with van der Waals surface area (Å²) < 4.78 is 53.1. The molecule has 0 atom stereocenters. The molecule has 11 heteroatoms. The van der Waals surface area contributed by atoms with Gasteiger partial charge in [0.05, 0.1) is 35.0 Å². The Kier molecular flexibility index (Phi) is 12.0. The number of halogens is 3. The fourth-order valence-corrected chi connectivity index (χ4v) is 2.98. The number of hydrogen-bond acceptors (Lipinski definition) is 7. The molecule has 0 saturated heterocycles. The maximum Gasteiger partial charge on any atom is 0.430 e. The van der Waals surface area contributed by atoms with Gasteiger partial charge in [0.15, 0.2) is 0 Å². The van der Waals surface area contributed by atoms with E-state index in [2.05, 4.69) is 10.6 Å². The highest BCUT2D eigenvalue weighted by Gasteiger charge is 2.28. The zero-order valence-electron chi connectivity index (χ0n) is 19.7. The average molecular weight is 489 g/mol. The van der Waals surface area contributed by atoms with Crippen LogP contribution in [0.15, 0.2) is 36.4 Å². The number of rotatable bonds is 11. The predicted octanol–water partition coefficient (Wildman–Crippen LogP) is 1.65. The van der Waals surface area contributed by atoms with E-state index in [1.807, 2.05) is 36.4 Å². The van der Waals surface area contributed by atoms with E-state index in [0.29, 0.717) is 0 Å². The van der Waals surface area contributed by atoms with Gasteiger partial charge in [0.1, 0.15) is 29.0 Å². The summed E-state index contributed by atoms with van der Waals surface area (Å²) >= 11 is 0. The summed E-state index contributed by atoms with van der Waals surface area (Å²) in [5.74, 6) is 0.176. The summed E-state index contributed by atoms with van der Waals surface area (Å²) in [7, 11) is 6.67. The van der Waals surface area contributed by atoms with E-state index >= 15 is 0 Å². The number of nitrogens with zero attached hydrogens (tertiary/aromatic N) is 1. The van der Waals surface area contributed by atoms with Gasteiger partial charge in [0, 0.05) is 38.2 Å². The van der Waals surface area contributed by atoms with E-state index < -0.39 is 12.1 Å². The SMILES string of the molecule is COc1cc(CN(CCC[NH3+])Cc2cc(OC)cc(OC)c2)cc(OC)c1.O=C([O-])C(F)(F)F. The Morgan fingerprint density at radius 3 is 1.38 bits per heavy atom. The van der Waals surface area contributed by atoms with Gasteiger partial charge in [0.25, 0.3) is 0 Å². The van der Waals surface area contributed by atoms with Crippen LogP contribution in [-0.2, 0) is 17.9 Å². The van der Waals surface area contributed by atoms with Crippen LogP contribution in [0.1, 0.15) is 17.5 Å². The molecule has 0 fully saturated rings. The van der Waals surface area contributed by atoms with E-state index in [1.54, 1.807) is 28.4 Å². The van der Waals surface area contributed by atoms with Crippen molar-refractivity contribution in [3.05, 3.63) is 47.5 Å². The van der Waals surface area contributed by atoms with E-state index in [4.69, 9.17) is 28.8 Å². The van der Waals surface area contributed by atoms with Gasteiger partial charge in [-0.05, 0) is 35.4 Å². The number of methoxy groups -OCH3 is 4. The van der Waals surface area contributed by atoms with Crippen molar-refractivity contribution < 1.29 is 47.8 Å². The molecule has 0 aromatic heterocycles. The van der Waals surface area contributed by atoms with Crippen LogP contribution in [0.3, 0.4) is 0 Å². The monoisotopic (exact) mass is 488 g/mol. The Bertz CT molecular complexity index is 807. The highest BCUT2D eigenvalue weighted by atomic mass is 19.4. The predicted molar refractivity (Wildman–Crippen MR) is 117 cm³/mol. The molecule has 8 nitrogen and oxygen atoms in total. The first-order valence-electron chi connectivity index (χ1n) is 10.3. The maximum absolute atomic E-state index is 10.5. The number of carbonyl (C=O) groups excluding carboxylic acids is 1. The number of ether oxygens (including phenoxy) is 4. The molecule has 3 N–H and O–H groups in total. The van der Waals surface area contributed by atoms with Crippen molar-refractivity contribution in [2.45, 2.75) is 25.7 Å². The first-order chi connectivity index (χ1) is 16.1. The smallest absolute Gasteiger partial charge is 0.430 e. The van der Waals surface area contributed by atoms with Crippen molar-refractivity contribution in [2.75, 3.05) is 41.5 Å². The van der Waals surface area contributed by atoms with Crippen LogP contribution in [0, 0.1) is 0 Å². The van der Waals surface area contributed by atoms with Gasteiger partial charge in [-0.2, -0.15) is 13.2 Å². The average Bonchev–Trinajstić information content (AvgIpc) is 2.81. The Balaban J connectivity index is 0.000000718. The number of hydrogen-bond donors (Lipinski definition) is 1. The van der Waals surface area contributed by atoms with Gasteiger partial charge in [-0.15, -0.1) is 0 Å². The summed E-state index contributed by atoms with van der Waals surface area (Å²) in [4.78, 5) is 11.2. The second-order valence-electron chi connectivity index (χ2n) is 7.14. The minimum absolute atomic E-state index is 0.785. The highest BCUT2D eigenvalue weighted by Crippen LogP contribution is 2.26. The van der Waals surface area contributed by atoms with E-state index in [1.165, 1.54) is 0 Å². The van der Waals surface area contributed by atoms with Crippen LogP contribution in [0.25, 0.3) is 0 Å². The first-order valence-corrected chi connectivity index (χ1v) is 10.3. The topological polar surface area (TPSA) is 108 Å². The molecule has 0 aliphatic heterocycles. The third-order valence-electron chi connectivity index (χ3n) is 4.59. The highest BCUT2D eigenvalue weighted by molar-refractivity contribution is 5.70. The lowest BCUT2D eigenvalue weighted by Gasteiger charge is -2.23. The van der Waals surface area contributed by atoms with Crippen LogP contribution >= 0.6 is 0 Å². The van der Waals surface area contributed by atoms with Crippen molar-refractivity contribution in [1.82, 2.24) is 4.90 Å². The Morgan fingerprint density at radius 1 is 0.824 bits per heavy atom. The van der Waals surface area contributed by atoms with Gasteiger partial charge in [-0.25, -0.2) is 0 Å². The second kappa shape index (κ2) is 14.2. The molecule has 0 amide bonds.